The van der Waals surface area contributed by atoms with Crippen LogP contribution in [0, 0.1) is 6.92 Å². The summed E-state index contributed by atoms with van der Waals surface area (Å²) in [5.74, 6) is 0.756. The molecule has 0 bridgehead atoms. The number of ether oxygens (including phenoxy) is 1. The van der Waals surface area contributed by atoms with Gasteiger partial charge in [-0.15, -0.1) is 35.3 Å². The number of aryl methyl sites for hydroxylation is 1. The van der Waals surface area contributed by atoms with Gasteiger partial charge in [-0.2, -0.15) is 0 Å². The number of guanidine groups is 1. The number of halogens is 1. The first-order valence-electron chi connectivity index (χ1n) is 11.2. The standard InChI is InChI=1S/C21H36N6O2S.HI/c1-3-22-20(24-10-9-23-19(28)18-17(2)26-16-30-18)25-15-21(7-5-4-6-8-21)27-11-13-29-14-12-27;/h16H,3-15H2,1-2H3,(H,23,28)(H2,22,24,25);1H. The topological polar surface area (TPSA) is 90.9 Å². The summed E-state index contributed by atoms with van der Waals surface area (Å²) in [4.78, 5) is 24.6. The van der Waals surface area contributed by atoms with E-state index in [1.165, 1.54) is 43.4 Å². The molecule has 3 rings (SSSR count). The molecule has 1 aliphatic carbocycles. The molecular formula is C21H37IN6O2S. The Morgan fingerprint density at radius 2 is 1.90 bits per heavy atom. The van der Waals surface area contributed by atoms with Crippen molar-refractivity contribution in [1.29, 1.82) is 0 Å². The molecule has 0 spiro atoms. The Bertz CT molecular complexity index is 702. The van der Waals surface area contributed by atoms with Gasteiger partial charge in [0.05, 0.1) is 31.0 Å². The van der Waals surface area contributed by atoms with Crippen molar-refractivity contribution < 1.29 is 9.53 Å². The number of carbonyl (C=O) groups is 1. The smallest absolute Gasteiger partial charge is 0.263 e. The van der Waals surface area contributed by atoms with Gasteiger partial charge in [-0.3, -0.25) is 14.7 Å². The van der Waals surface area contributed by atoms with E-state index >= 15 is 0 Å². The number of nitrogens with zero attached hydrogens (tertiary/aromatic N) is 3. The van der Waals surface area contributed by atoms with Gasteiger partial charge in [0, 0.05) is 38.3 Å². The van der Waals surface area contributed by atoms with Crippen LogP contribution in [-0.2, 0) is 4.74 Å². The van der Waals surface area contributed by atoms with Gasteiger partial charge in [0.25, 0.3) is 5.91 Å². The van der Waals surface area contributed by atoms with Gasteiger partial charge in [0.1, 0.15) is 4.88 Å². The first kappa shape index (κ1) is 26.3. The summed E-state index contributed by atoms with van der Waals surface area (Å²) in [5, 5.41) is 9.66. The number of nitrogens with one attached hydrogen (secondary N) is 3. The fourth-order valence-corrected chi connectivity index (χ4v) is 5.07. The summed E-state index contributed by atoms with van der Waals surface area (Å²) in [7, 11) is 0. The van der Waals surface area contributed by atoms with E-state index in [0.29, 0.717) is 18.0 Å². The molecule has 1 saturated carbocycles. The van der Waals surface area contributed by atoms with Gasteiger partial charge in [0.15, 0.2) is 5.96 Å². The summed E-state index contributed by atoms with van der Waals surface area (Å²) in [6.07, 6.45) is 6.30. The van der Waals surface area contributed by atoms with Crippen LogP contribution in [0.15, 0.2) is 10.5 Å². The number of aliphatic imine (C=N–C) groups is 1. The molecule has 1 aliphatic heterocycles. The summed E-state index contributed by atoms with van der Waals surface area (Å²) in [6.45, 7) is 10.3. The average molecular weight is 565 g/mol. The Balaban J connectivity index is 0.00000341. The maximum Gasteiger partial charge on any atom is 0.263 e. The van der Waals surface area contributed by atoms with Crippen LogP contribution in [-0.4, -0.2) is 79.8 Å². The largest absolute Gasteiger partial charge is 0.379 e. The quantitative estimate of drug-likeness (QED) is 0.195. The van der Waals surface area contributed by atoms with Crippen LogP contribution in [0.4, 0.5) is 0 Å². The third-order valence-electron chi connectivity index (χ3n) is 6.00. The maximum atomic E-state index is 12.2. The van der Waals surface area contributed by atoms with E-state index in [9.17, 15) is 4.79 Å². The highest BCUT2D eigenvalue weighted by molar-refractivity contribution is 14.0. The molecule has 176 valence electrons. The van der Waals surface area contributed by atoms with Gasteiger partial charge in [-0.1, -0.05) is 19.3 Å². The van der Waals surface area contributed by atoms with Crippen LogP contribution in [0.5, 0.6) is 0 Å². The molecule has 10 heteroatoms. The Hall–Kier alpha value is -0.980. The summed E-state index contributed by atoms with van der Waals surface area (Å²) < 4.78 is 5.58. The monoisotopic (exact) mass is 564 g/mol. The first-order chi connectivity index (χ1) is 14.6. The Kier molecular flexibility index (Phi) is 11.5. The molecular weight excluding hydrogens is 527 g/mol. The van der Waals surface area contributed by atoms with Crippen LogP contribution in [0.3, 0.4) is 0 Å². The van der Waals surface area contributed by atoms with E-state index in [0.717, 1.165) is 51.0 Å². The molecule has 1 aromatic rings. The minimum atomic E-state index is -0.0628. The van der Waals surface area contributed by atoms with E-state index in [-0.39, 0.29) is 35.4 Å². The Labute approximate surface area is 207 Å². The third kappa shape index (κ3) is 7.54. The lowest BCUT2D eigenvalue weighted by atomic mass is 9.80. The second-order valence-electron chi connectivity index (χ2n) is 8.03. The molecule has 2 aliphatic rings. The predicted molar refractivity (Wildman–Crippen MR) is 137 cm³/mol. The van der Waals surface area contributed by atoms with E-state index in [4.69, 9.17) is 9.73 Å². The number of aromatic nitrogens is 1. The van der Waals surface area contributed by atoms with Crippen LogP contribution < -0.4 is 16.0 Å². The highest BCUT2D eigenvalue weighted by Crippen LogP contribution is 2.34. The van der Waals surface area contributed by atoms with Crippen LogP contribution in [0.25, 0.3) is 0 Å². The highest BCUT2D eigenvalue weighted by atomic mass is 127. The number of hydrogen-bond acceptors (Lipinski definition) is 6. The Morgan fingerprint density at radius 3 is 2.55 bits per heavy atom. The normalized spacial score (nSPS) is 19.4. The fourth-order valence-electron chi connectivity index (χ4n) is 4.35. The number of thiazole rings is 1. The van der Waals surface area contributed by atoms with E-state index in [1.54, 1.807) is 5.51 Å². The average Bonchev–Trinajstić information content (AvgIpc) is 3.22. The molecule has 2 heterocycles. The molecule has 1 amide bonds. The molecule has 1 saturated heterocycles. The predicted octanol–water partition coefficient (Wildman–Crippen LogP) is 2.39. The molecule has 3 N–H and O–H groups in total. The van der Waals surface area contributed by atoms with Crippen molar-refractivity contribution in [1.82, 2.24) is 25.8 Å². The van der Waals surface area contributed by atoms with Crippen LogP contribution in [0.1, 0.15) is 54.4 Å². The second kappa shape index (κ2) is 13.5. The van der Waals surface area contributed by atoms with E-state index in [1.807, 2.05) is 6.92 Å². The molecule has 0 radical (unpaired) electrons. The number of amides is 1. The first-order valence-corrected chi connectivity index (χ1v) is 12.1. The number of carbonyl (C=O) groups excluding carboxylic acids is 1. The van der Waals surface area contributed by atoms with Crippen LogP contribution >= 0.6 is 35.3 Å². The second-order valence-corrected chi connectivity index (χ2v) is 8.88. The van der Waals surface area contributed by atoms with Crippen molar-refractivity contribution in [2.75, 3.05) is 52.5 Å². The van der Waals surface area contributed by atoms with Crippen molar-refractivity contribution in [3.63, 3.8) is 0 Å². The van der Waals surface area contributed by atoms with Gasteiger partial charge < -0.3 is 20.7 Å². The lowest BCUT2D eigenvalue weighted by molar-refractivity contribution is -0.0333. The van der Waals surface area contributed by atoms with Gasteiger partial charge in [-0.05, 0) is 26.7 Å². The van der Waals surface area contributed by atoms with Gasteiger partial charge in [-0.25, -0.2) is 4.98 Å². The molecule has 0 unspecified atom stereocenters. The van der Waals surface area contributed by atoms with Crippen molar-refractivity contribution in [2.45, 2.75) is 51.5 Å². The van der Waals surface area contributed by atoms with Crippen molar-refractivity contribution in [3.05, 3.63) is 16.1 Å². The third-order valence-corrected chi connectivity index (χ3v) is 6.92. The van der Waals surface area contributed by atoms with Crippen molar-refractivity contribution in [3.8, 4) is 0 Å². The minimum absolute atomic E-state index is 0. The molecule has 0 aromatic carbocycles. The molecule has 0 atom stereocenters. The van der Waals surface area contributed by atoms with Crippen LogP contribution in [0.2, 0.25) is 0 Å². The number of hydrogen-bond donors (Lipinski definition) is 3. The lowest BCUT2D eigenvalue weighted by Crippen LogP contribution is -2.56. The van der Waals surface area contributed by atoms with E-state index < -0.39 is 0 Å². The summed E-state index contributed by atoms with van der Waals surface area (Å²) in [5.41, 5.74) is 2.64. The zero-order valence-corrected chi connectivity index (χ0v) is 21.9. The molecule has 31 heavy (non-hydrogen) atoms. The molecule has 8 nitrogen and oxygen atoms in total. The van der Waals surface area contributed by atoms with E-state index in [2.05, 4.69) is 32.8 Å². The SMILES string of the molecule is CCNC(=NCC1(N2CCOCC2)CCCCC1)NCCNC(=O)c1scnc1C.I. The molecule has 1 aromatic heterocycles. The maximum absolute atomic E-state index is 12.2. The minimum Gasteiger partial charge on any atom is -0.379 e. The highest BCUT2D eigenvalue weighted by Gasteiger charge is 2.38. The molecule has 2 fully saturated rings. The zero-order chi connectivity index (χ0) is 21.2. The Morgan fingerprint density at radius 1 is 1.19 bits per heavy atom. The zero-order valence-electron chi connectivity index (χ0n) is 18.7. The van der Waals surface area contributed by atoms with Crippen molar-refractivity contribution >= 4 is 47.2 Å². The summed E-state index contributed by atoms with van der Waals surface area (Å²) in [6, 6.07) is 0. The fraction of sp³-hybridized carbons (Fsp3) is 0.762. The number of rotatable bonds is 8. The number of morpholine rings is 1. The lowest BCUT2D eigenvalue weighted by Gasteiger charge is -2.47. The summed E-state index contributed by atoms with van der Waals surface area (Å²) >= 11 is 1.37. The van der Waals surface area contributed by atoms with Gasteiger partial charge in [0.2, 0.25) is 0 Å². The van der Waals surface area contributed by atoms with Crippen molar-refractivity contribution in [2.24, 2.45) is 4.99 Å². The van der Waals surface area contributed by atoms with Gasteiger partial charge >= 0.3 is 0 Å².